The third kappa shape index (κ3) is 4.01. The Kier molecular flexibility index (Phi) is 5.40. The summed E-state index contributed by atoms with van der Waals surface area (Å²) in [5, 5.41) is 3.00. The van der Waals surface area contributed by atoms with E-state index < -0.39 is 5.72 Å². The van der Waals surface area contributed by atoms with Crippen LogP contribution in [0.5, 0.6) is 0 Å². The summed E-state index contributed by atoms with van der Waals surface area (Å²) in [6.45, 7) is 9.44. The van der Waals surface area contributed by atoms with Crippen LogP contribution in [0.4, 0.5) is 0 Å². The summed E-state index contributed by atoms with van der Waals surface area (Å²) in [4.78, 5) is 24.3. The Morgan fingerprint density at radius 1 is 1.08 bits per heavy atom. The molecular weight excluding hydrogens is 302 g/mol. The number of hydrogen-bond acceptors (Lipinski definition) is 3. The molecule has 0 bridgehead atoms. The maximum Gasteiger partial charge on any atom is 0.227 e. The van der Waals surface area contributed by atoms with Crippen LogP contribution < -0.4 is 5.32 Å². The van der Waals surface area contributed by atoms with Crippen molar-refractivity contribution in [1.29, 1.82) is 0 Å². The molecule has 0 heterocycles. The fraction of sp³-hybridized carbons (Fsp3) is 0.400. The largest absolute Gasteiger partial charge is 0.345 e. The Balaban J connectivity index is 2.24. The van der Waals surface area contributed by atoms with Crippen LogP contribution in [0.15, 0.2) is 47.6 Å². The van der Waals surface area contributed by atoms with Crippen molar-refractivity contribution < 1.29 is 14.3 Å². The van der Waals surface area contributed by atoms with E-state index in [0.717, 1.165) is 11.1 Å². The highest BCUT2D eigenvalue weighted by molar-refractivity contribution is 6.02. The molecule has 0 aliphatic heterocycles. The van der Waals surface area contributed by atoms with Crippen LogP contribution in [0.3, 0.4) is 0 Å². The molecule has 2 rings (SSSR count). The Bertz CT molecular complexity index is 674. The Morgan fingerprint density at radius 3 is 2.12 bits per heavy atom. The van der Waals surface area contributed by atoms with Gasteiger partial charge in [0.1, 0.15) is 0 Å². The summed E-state index contributed by atoms with van der Waals surface area (Å²) in [6, 6.07) is 7.86. The number of carbonyl (C=O) groups excluding carboxylic acids is 2. The first-order chi connectivity index (χ1) is 11.2. The summed E-state index contributed by atoms with van der Waals surface area (Å²) in [5.74, 6) is -0.227. The summed E-state index contributed by atoms with van der Waals surface area (Å²) < 4.78 is 6.06. The molecule has 0 saturated heterocycles. The number of hydrogen-bond donors (Lipinski definition) is 1. The van der Waals surface area contributed by atoms with E-state index >= 15 is 0 Å². The number of carbonyl (C=O) groups is 2. The van der Waals surface area contributed by atoms with Gasteiger partial charge in [0.15, 0.2) is 11.5 Å². The lowest BCUT2D eigenvalue weighted by atomic mass is 9.89. The third-order valence-corrected chi connectivity index (χ3v) is 4.04. The maximum atomic E-state index is 12.6. The average molecular weight is 327 g/mol. The van der Waals surface area contributed by atoms with Crippen molar-refractivity contribution in [3.8, 4) is 0 Å². The number of allylic oxidation sites excluding steroid dienone is 2. The predicted molar refractivity (Wildman–Crippen MR) is 94.5 cm³/mol. The van der Waals surface area contributed by atoms with Crippen LogP contribution >= 0.6 is 0 Å². The first-order valence-corrected chi connectivity index (χ1v) is 8.19. The Labute approximate surface area is 143 Å². The maximum absolute atomic E-state index is 12.6. The van der Waals surface area contributed by atoms with Gasteiger partial charge >= 0.3 is 0 Å². The van der Waals surface area contributed by atoms with E-state index in [1.165, 1.54) is 12.2 Å². The molecule has 0 unspecified atom stereocenters. The second kappa shape index (κ2) is 7.14. The van der Waals surface area contributed by atoms with Gasteiger partial charge in [0.25, 0.3) is 0 Å². The number of nitrogens with one attached hydrogen (secondary N) is 1. The molecule has 1 aromatic carbocycles. The van der Waals surface area contributed by atoms with Gasteiger partial charge in [-0.3, -0.25) is 9.59 Å². The van der Waals surface area contributed by atoms with E-state index in [9.17, 15) is 9.59 Å². The van der Waals surface area contributed by atoms with E-state index in [4.69, 9.17) is 4.74 Å². The number of aryl methyl sites for hydroxylation is 1. The zero-order valence-electron chi connectivity index (χ0n) is 15.0. The quantitative estimate of drug-likeness (QED) is 0.845. The molecule has 1 N–H and O–H groups in total. The van der Waals surface area contributed by atoms with Gasteiger partial charge in [0.05, 0.1) is 12.5 Å². The number of benzene rings is 1. The standard InChI is InChI=1S/C20H25NO3/c1-13(2)24-20(15(4)10-18(22)11-16(20)5)21-19(23)12-17-8-6-14(3)7-9-17/h6-11,13H,12H2,1-5H3,(H,21,23). The van der Waals surface area contributed by atoms with Crippen molar-refractivity contribution >= 4 is 11.7 Å². The van der Waals surface area contributed by atoms with Crippen molar-refractivity contribution in [1.82, 2.24) is 5.32 Å². The molecule has 4 heteroatoms. The molecule has 0 atom stereocenters. The highest BCUT2D eigenvalue weighted by Gasteiger charge is 2.40. The van der Waals surface area contributed by atoms with E-state index in [1.807, 2.05) is 58.9 Å². The van der Waals surface area contributed by atoms with E-state index in [0.29, 0.717) is 11.1 Å². The molecule has 128 valence electrons. The molecule has 1 aliphatic rings. The second-order valence-electron chi connectivity index (χ2n) is 6.62. The van der Waals surface area contributed by atoms with Gasteiger partial charge < -0.3 is 10.1 Å². The second-order valence-corrected chi connectivity index (χ2v) is 6.62. The van der Waals surface area contributed by atoms with Gasteiger partial charge in [-0.1, -0.05) is 29.8 Å². The molecule has 1 aliphatic carbocycles. The highest BCUT2D eigenvalue weighted by Crippen LogP contribution is 2.32. The summed E-state index contributed by atoms with van der Waals surface area (Å²) >= 11 is 0. The molecule has 4 nitrogen and oxygen atoms in total. The zero-order valence-corrected chi connectivity index (χ0v) is 15.0. The number of rotatable bonds is 5. The van der Waals surface area contributed by atoms with Gasteiger partial charge in [0, 0.05) is 0 Å². The summed E-state index contributed by atoms with van der Waals surface area (Å²) in [6.07, 6.45) is 3.19. The summed E-state index contributed by atoms with van der Waals surface area (Å²) in [5.41, 5.74) is 2.43. The van der Waals surface area contributed by atoms with E-state index in [-0.39, 0.29) is 24.2 Å². The first kappa shape index (κ1) is 18.1. The van der Waals surface area contributed by atoms with Gasteiger partial charge in [-0.15, -0.1) is 0 Å². The smallest absolute Gasteiger partial charge is 0.227 e. The monoisotopic (exact) mass is 327 g/mol. The van der Waals surface area contributed by atoms with Crippen LogP contribution in [-0.2, 0) is 20.7 Å². The van der Waals surface area contributed by atoms with E-state index in [1.54, 1.807) is 0 Å². The van der Waals surface area contributed by atoms with Crippen molar-refractivity contribution in [2.45, 2.75) is 52.9 Å². The molecule has 1 amide bonds. The van der Waals surface area contributed by atoms with Crippen LogP contribution in [0.1, 0.15) is 38.8 Å². The van der Waals surface area contributed by atoms with Gasteiger partial charge in [-0.05, 0) is 63.5 Å². The lowest BCUT2D eigenvalue weighted by Gasteiger charge is -2.39. The molecule has 0 fully saturated rings. The lowest BCUT2D eigenvalue weighted by Crippen LogP contribution is -2.55. The van der Waals surface area contributed by atoms with Crippen LogP contribution in [0.2, 0.25) is 0 Å². The molecule has 0 radical (unpaired) electrons. The van der Waals surface area contributed by atoms with Gasteiger partial charge in [0.2, 0.25) is 5.91 Å². The molecule has 0 spiro atoms. The topological polar surface area (TPSA) is 55.4 Å². The fourth-order valence-corrected chi connectivity index (χ4v) is 2.88. The first-order valence-electron chi connectivity index (χ1n) is 8.19. The lowest BCUT2D eigenvalue weighted by molar-refractivity contribution is -0.131. The fourth-order valence-electron chi connectivity index (χ4n) is 2.88. The van der Waals surface area contributed by atoms with Crippen molar-refractivity contribution in [2.24, 2.45) is 0 Å². The highest BCUT2D eigenvalue weighted by atomic mass is 16.5. The van der Waals surface area contributed by atoms with Gasteiger partial charge in [-0.2, -0.15) is 0 Å². The van der Waals surface area contributed by atoms with Crippen molar-refractivity contribution in [2.75, 3.05) is 0 Å². The molecular formula is C20H25NO3. The SMILES string of the molecule is CC1=CC(=O)C=C(C)C1(NC(=O)Cc1ccc(C)cc1)OC(C)C. The number of ketones is 1. The Hall–Kier alpha value is -2.20. The minimum absolute atomic E-state index is 0.0826. The predicted octanol–water partition coefficient (Wildman–Crippen LogP) is 3.25. The summed E-state index contributed by atoms with van der Waals surface area (Å²) in [7, 11) is 0. The zero-order chi connectivity index (χ0) is 17.9. The molecule has 0 aromatic heterocycles. The Morgan fingerprint density at radius 2 is 1.62 bits per heavy atom. The average Bonchev–Trinajstić information content (AvgIpc) is 2.46. The molecule has 1 aromatic rings. The van der Waals surface area contributed by atoms with Gasteiger partial charge in [-0.25, -0.2) is 0 Å². The molecule has 0 saturated carbocycles. The van der Waals surface area contributed by atoms with Crippen molar-refractivity contribution in [3.05, 3.63) is 58.7 Å². The van der Waals surface area contributed by atoms with Crippen molar-refractivity contribution in [3.63, 3.8) is 0 Å². The molecule has 24 heavy (non-hydrogen) atoms. The van der Waals surface area contributed by atoms with Crippen LogP contribution in [0.25, 0.3) is 0 Å². The number of ether oxygens (including phenoxy) is 1. The minimum atomic E-state index is -1.05. The van der Waals surface area contributed by atoms with E-state index in [2.05, 4.69) is 5.32 Å². The van der Waals surface area contributed by atoms with Crippen LogP contribution in [-0.4, -0.2) is 23.5 Å². The normalized spacial score (nSPS) is 16.7. The number of amides is 1. The minimum Gasteiger partial charge on any atom is -0.345 e. The third-order valence-electron chi connectivity index (χ3n) is 4.04. The van der Waals surface area contributed by atoms with Crippen LogP contribution in [0, 0.1) is 6.92 Å².